The minimum absolute atomic E-state index is 0.464. The van der Waals surface area contributed by atoms with Gasteiger partial charge in [-0.2, -0.15) is 11.3 Å². The fraction of sp³-hybridized carbons (Fsp3) is 0.500. The summed E-state index contributed by atoms with van der Waals surface area (Å²) in [5.41, 5.74) is 0. The third-order valence-corrected chi connectivity index (χ3v) is 2.47. The molecule has 2 rings (SSSR count). The van der Waals surface area contributed by atoms with Crippen LogP contribution in [0, 0.1) is 0 Å². The molecule has 0 aliphatic heterocycles. The maximum absolute atomic E-state index is 10.5. The molecule has 1 aliphatic rings. The van der Waals surface area contributed by atoms with Crippen molar-refractivity contribution in [2.75, 3.05) is 0 Å². The van der Waals surface area contributed by atoms with Gasteiger partial charge in [0.15, 0.2) is 0 Å². The van der Waals surface area contributed by atoms with Gasteiger partial charge in [-0.05, 0) is 23.6 Å². The van der Waals surface area contributed by atoms with Gasteiger partial charge in [-0.15, -0.1) is 0 Å². The van der Waals surface area contributed by atoms with Gasteiger partial charge in [0.2, 0.25) is 0 Å². The van der Waals surface area contributed by atoms with E-state index in [1.807, 2.05) is 22.9 Å². The van der Waals surface area contributed by atoms with Crippen LogP contribution in [0.2, 0.25) is 0 Å². The smallest absolute Gasteiger partial charge is 0.132 e. The topological polar surface area (TPSA) is 17.1 Å². The first kappa shape index (κ1) is 9.46. The number of ketones is 1. The second kappa shape index (κ2) is 5.95. The van der Waals surface area contributed by atoms with E-state index < -0.39 is 0 Å². The lowest BCUT2D eigenvalue weighted by molar-refractivity contribution is -0.120. The summed E-state index contributed by atoms with van der Waals surface area (Å²) in [5, 5.41) is 4.08. The maximum Gasteiger partial charge on any atom is 0.132 e. The first-order valence-corrected chi connectivity index (χ1v) is 5.33. The van der Waals surface area contributed by atoms with Crippen molar-refractivity contribution < 1.29 is 4.79 Å². The molecule has 1 aliphatic carbocycles. The van der Waals surface area contributed by atoms with E-state index in [4.69, 9.17) is 0 Å². The molecule has 0 bridgehead atoms. The van der Waals surface area contributed by atoms with E-state index in [9.17, 15) is 4.79 Å². The van der Waals surface area contributed by atoms with Crippen LogP contribution >= 0.6 is 11.3 Å². The fourth-order valence-electron chi connectivity index (χ4n) is 1.17. The number of carbonyl (C=O) groups excluding carboxylic acids is 1. The Bertz CT molecular complexity index is 178. The zero-order valence-corrected chi connectivity index (χ0v) is 7.98. The van der Waals surface area contributed by atoms with E-state index >= 15 is 0 Å². The van der Waals surface area contributed by atoms with Crippen molar-refractivity contribution in [1.82, 2.24) is 0 Å². The molecule has 0 saturated heterocycles. The lowest BCUT2D eigenvalue weighted by Crippen LogP contribution is -2.02. The van der Waals surface area contributed by atoms with E-state index in [1.54, 1.807) is 11.3 Å². The minimum Gasteiger partial charge on any atom is -0.300 e. The largest absolute Gasteiger partial charge is 0.300 e. The number of hydrogen-bond donors (Lipinski definition) is 0. The van der Waals surface area contributed by atoms with Crippen molar-refractivity contribution in [3.63, 3.8) is 0 Å². The molecule has 0 N–H and O–H groups in total. The molecule has 0 aromatic carbocycles. The molecule has 2 heteroatoms. The summed E-state index contributed by atoms with van der Waals surface area (Å²) in [6.07, 6.45) is 5.24. The number of thiophene rings is 1. The predicted octanol–water partition coefficient (Wildman–Crippen LogP) is 3.27. The Morgan fingerprint density at radius 2 is 1.58 bits per heavy atom. The van der Waals surface area contributed by atoms with Gasteiger partial charge in [-0.1, -0.05) is 18.6 Å². The fourth-order valence-corrected chi connectivity index (χ4v) is 1.63. The molecule has 1 saturated carbocycles. The maximum atomic E-state index is 10.5. The quantitative estimate of drug-likeness (QED) is 0.602. The van der Waals surface area contributed by atoms with Crippen LogP contribution in [0.4, 0.5) is 0 Å². The number of hydrogen-bond acceptors (Lipinski definition) is 2. The second-order valence-corrected chi connectivity index (χ2v) is 3.71. The first-order valence-electron chi connectivity index (χ1n) is 4.38. The van der Waals surface area contributed by atoms with Gasteiger partial charge in [-0.3, -0.25) is 4.79 Å². The van der Waals surface area contributed by atoms with Crippen LogP contribution in [-0.2, 0) is 4.79 Å². The van der Waals surface area contributed by atoms with Gasteiger partial charge >= 0.3 is 0 Å². The summed E-state index contributed by atoms with van der Waals surface area (Å²) in [4.78, 5) is 10.5. The van der Waals surface area contributed by atoms with Crippen molar-refractivity contribution in [3.05, 3.63) is 22.9 Å². The van der Waals surface area contributed by atoms with E-state index in [2.05, 4.69) is 0 Å². The Hall–Kier alpha value is -0.630. The van der Waals surface area contributed by atoms with Crippen LogP contribution in [0.15, 0.2) is 22.9 Å². The molecule has 1 fully saturated rings. The molecular weight excluding hydrogens is 168 g/mol. The average Bonchev–Trinajstić information content (AvgIpc) is 2.62. The van der Waals surface area contributed by atoms with Crippen LogP contribution < -0.4 is 0 Å². The monoisotopic (exact) mass is 182 g/mol. The van der Waals surface area contributed by atoms with E-state index in [0.717, 1.165) is 25.7 Å². The van der Waals surface area contributed by atoms with E-state index in [0.29, 0.717) is 5.78 Å². The SMILES string of the molecule is O=C1CCCCC1.c1ccsc1. The summed E-state index contributed by atoms with van der Waals surface area (Å²) >= 11 is 1.71. The van der Waals surface area contributed by atoms with Crippen molar-refractivity contribution in [1.29, 1.82) is 0 Å². The Balaban J connectivity index is 0.000000127. The molecule has 0 amide bonds. The summed E-state index contributed by atoms with van der Waals surface area (Å²) < 4.78 is 0. The highest BCUT2D eigenvalue weighted by Gasteiger charge is 2.05. The third-order valence-electron chi connectivity index (χ3n) is 1.84. The molecule has 0 radical (unpaired) electrons. The van der Waals surface area contributed by atoms with Gasteiger partial charge in [-0.25, -0.2) is 0 Å². The van der Waals surface area contributed by atoms with Crippen molar-refractivity contribution in [2.45, 2.75) is 32.1 Å². The van der Waals surface area contributed by atoms with Gasteiger partial charge in [0.05, 0.1) is 0 Å². The molecule has 0 unspecified atom stereocenters. The Labute approximate surface area is 77.4 Å². The van der Waals surface area contributed by atoms with Gasteiger partial charge in [0.1, 0.15) is 5.78 Å². The standard InChI is InChI=1S/C6H10O.C4H4S/c7-6-4-2-1-3-5-6;1-2-4-5-3-1/h1-5H2;1-4H. The van der Waals surface area contributed by atoms with Gasteiger partial charge in [0.25, 0.3) is 0 Å². The number of rotatable bonds is 0. The lowest BCUT2D eigenvalue weighted by Gasteiger charge is -2.05. The van der Waals surface area contributed by atoms with Crippen molar-refractivity contribution in [3.8, 4) is 0 Å². The third kappa shape index (κ3) is 4.29. The van der Waals surface area contributed by atoms with Crippen LogP contribution in [0.1, 0.15) is 32.1 Å². The highest BCUT2D eigenvalue weighted by atomic mass is 32.1. The second-order valence-electron chi connectivity index (χ2n) is 2.89. The zero-order chi connectivity index (χ0) is 8.65. The Kier molecular flexibility index (Phi) is 4.69. The highest BCUT2D eigenvalue weighted by molar-refractivity contribution is 7.07. The minimum atomic E-state index is 0.464. The summed E-state index contributed by atoms with van der Waals surface area (Å²) in [6.45, 7) is 0. The molecular formula is C10H14OS. The molecule has 1 heterocycles. The van der Waals surface area contributed by atoms with Crippen molar-refractivity contribution >= 4 is 17.1 Å². The number of Topliss-reactive ketones (excluding diaryl/α,β-unsaturated/α-hetero) is 1. The summed E-state index contributed by atoms with van der Waals surface area (Å²) in [6, 6.07) is 4.04. The molecule has 12 heavy (non-hydrogen) atoms. The Morgan fingerprint density at radius 1 is 1.00 bits per heavy atom. The zero-order valence-electron chi connectivity index (χ0n) is 7.16. The Morgan fingerprint density at radius 3 is 1.83 bits per heavy atom. The summed E-state index contributed by atoms with van der Waals surface area (Å²) in [7, 11) is 0. The van der Waals surface area contributed by atoms with Crippen LogP contribution in [0.5, 0.6) is 0 Å². The normalized spacial score (nSPS) is 16.5. The molecule has 66 valence electrons. The molecule has 1 nitrogen and oxygen atoms in total. The van der Waals surface area contributed by atoms with Gasteiger partial charge < -0.3 is 0 Å². The molecule has 1 aromatic rings. The van der Waals surface area contributed by atoms with Crippen molar-refractivity contribution in [2.24, 2.45) is 0 Å². The van der Waals surface area contributed by atoms with Gasteiger partial charge in [0, 0.05) is 12.8 Å². The van der Waals surface area contributed by atoms with E-state index in [1.165, 1.54) is 6.42 Å². The summed E-state index contributed by atoms with van der Waals surface area (Å²) in [5.74, 6) is 0.464. The molecule has 0 atom stereocenters. The van der Waals surface area contributed by atoms with Crippen LogP contribution in [0.25, 0.3) is 0 Å². The van der Waals surface area contributed by atoms with E-state index in [-0.39, 0.29) is 0 Å². The molecule has 1 aromatic heterocycles. The van der Waals surface area contributed by atoms with Crippen LogP contribution in [-0.4, -0.2) is 5.78 Å². The van der Waals surface area contributed by atoms with Crippen LogP contribution in [0.3, 0.4) is 0 Å². The number of carbonyl (C=O) groups is 1. The molecule has 0 spiro atoms. The average molecular weight is 182 g/mol. The lowest BCUT2D eigenvalue weighted by atomic mass is 10.00. The highest BCUT2D eigenvalue weighted by Crippen LogP contribution is 2.12. The predicted molar refractivity (Wildman–Crippen MR) is 52.4 cm³/mol. The first-order chi connectivity index (χ1) is 5.89.